The molecule has 1 saturated heterocycles. The molecule has 0 bridgehead atoms. The summed E-state index contributed by atoms with van der Waals surface area (Å²) in [5, 5.41) is 19.7. The van der Waals surface area contributed by atoms with Gasteiger partial charge >= 0.3 is 0 Å². The van der Waals surface area contributed by atoms with Gasteiger partial charge in [0.1, 0.15) is 0 Å². The first-order valence-corrected chi connectivity index (χ1v) is 11.2. The second-order valence-corrected chi connectivity index (χ2v) is 8.52. The Morgan fingerprint density at radius 3 is 2.74 bits per heavy atom. The molecule has 1 unspecified atom stereocenters. The van der Waals surface area contributed by atoms with Crippen molar-refractivity contribution in [3.05, 3.63) is 22.4 Å². The van der Waals surface area contributed by atoms with Crippen molar-refractivity contribution in [2.45, 2.75) is 50.7 Å². The fourth-order valence-corrected chi connectivity index (χ4v) is 4.77. The molecule has 1 aliphatic carbocycles. The molecule has 7 heteroatoms. The summed E-state index contributed by atoms with van der Waals surface area (Å²) < 4.78 is 5.53. The number of aliphatic hydroxyl groups is 1. The second kappa shape index (κ2) is 10.4. The summed E-state index contributed by atoms with van der Waals surface area (Å²) in [7, 11) is 0. The molecule has 3 rings (SSSR count). The molecule has 1 aromatic heterocycles. The summed E-state index contributed by atoms with van der Waals surface area (Å²) in [4.78, 5) is 8.57. The van der Waals surface area contributed by atoms with Gasteiger partial charge in [-0.3, -0.25) is 9.89 Å². The van der Waals surface area contributed by atoms with Crippen LogP contribution in [0.4, 0.5) is 0 Å². The standard InChI is InChI=1S/C20H34N4O2S/c1-2-21-19(23-16-20(25)8-4-3-5-9-20)22-15-17(18-7-6-14-27-18)24-10-12-26-13-11-24/h6-7,14,17,25H,2-5,8-13,15-16H2,1H3,(H2,21,22,23). The van der Waals surface area contributed by atoms with Gasteiger partial charge < -0.3 is 20.5 Å². The summed E-state index contributed by atoms with van der Waals surface area (Å²) in [6.45, 7) is 7.66. The largest absolute Gasteiger partial charge is 0.388 e. The van der Waals surface area contributed by atoms with Gasteiger partial charge in [0, 0.05) is 31.1 Å². The monoisotopic (exact) mass is 394 g/mol. The quantitative estimate of drug-likeness (QED) is 0.489. The fourth-order valence-electron chi connectivity index (χ4n) is 3.91. The van der Waals surface area contributed by atoms with Gasteiger partial charge in [-0.1, -0.05) is 25.3 Å². The molecular weight excluding hydrogens is 360 g/mol. The van der Waals surface area contributed by atoms with Gasteiger partial charge in [0.15, 0.2) is 5.96 Å². The number of hydrogen-bond acceptors (Lipinski definition) is 5. The Hall–Kier alpha value is -1.15. The molecule has 3 N–H and O–H groups in total. The van der Waals surface area contributed by atoms with E-state index >= 15 is 0 Å². The zero-order valence-corrected chi connectivity index (χ0v) is 17.3. The maximum Gasteiger partial charge on any atom is 0.191 e. The third-order valence-electron chi connectivity index (χ3n) is 5.48. The lowest BCUT2D eigenvalue weighted by molar-refractivity contribution is 0.0129. The van der Waals surface area contributed by atoms with Crippen LogP contribution in [0.25, 0.3) is 0 Å². The van der Waals surface area contributed by atoms with E-state index in [-0.39, 0.29) is 0 Å². The highest BCUT2D eigenvalue weighted by Crippen LogP contribution is 2.28. The Bertz CT molecular complexity index is 567. The molecule has 2 fully saturated rings. The molecule has 1 aromatic rings. The van der Waals surface area contributed by atoms with E-state index in [1.807, 2.05) is 0 Å². The van der Waals surface area contributed by atoms with Gasteiger partial charge in [0.2, 0.25) is 0 Å². The Morgan fingerprint density at radius 2 is 2.07 bits per heavy atom. The number of aliphatic imine (C=N–C) groups is 1. The minimum absolute atomic E-state index is 0.315. The normalized spacial score (nSPS) is 22.4. The first-order valence-electron chi connectivity index (χ1n) is 10.3. The molecule has 0 amide bonds. The van der Waals surface area contributed by atoms with Gasteiger partial charge in [-0.15, -0.1) is 11.3 Å². The summed E-state index contributed by atoms with van der Waals surface area (Å²) >= 11 is 1.80. The lowest BCUT2D eigenvalue weighted by atomic mass is 9.85. The van der Waals surface area contributed by atoms with E-state index in [4.69, 9.17) is 9.73 Å². The maximum atomic E-state index is 10.7. The van der Waals surface area contributed by atoms with Gasteiger partial charge in [-0.2, -0.15) is 0 Å². The van der Waals surface area contributed by atoms with Crippen LogP contribution in [0.2, 0.25) is 0 Å². The molecule has 152 valence electrons. The van der Waals surface area contributed by atoms with Gasteiger partial charge in [-0.25, -0.2) is 0 Å². The molecule has 27 heavy (non-hydrogen) atoms. The molecule has 6 nitrogen and oxygen atoms in total. The van der Waals surface area contributed by atoms with E-state index in [9.17, 15) is 5.11 Å². The predicted octanol–water partition coefficient (Wildman–Crippen LogP) is 2.37. The third kappa shape index (κ3) is 6.17. The van der Waals surface area contributed by atoms with Crippen molar-refractivity contribution in [3.8, 4) is 0 Å². The van der Waals surface area contributed by atoms with E-state index in [0.29, 0.717) is 12.6 Å². The van der Waals surface area contributed by atoms with Crippen LogP contribution in [0.3, 0.4) is 0 Å². The van der Waals surface area contributed by atoms with Crippen molar-refractivity contribution in [3.63, 3.8) is 0 Å². The Balaban J connectivity index is 1.62. The Morgan fingerprint density at radius 1 is 1.30 bits per heavy atom. The summed E-state index contributed by atoms with van der Waals surface area (Å²) in [6, 6.07) is 4.64. The molecule has 0 radical (unpaired) electrons. The number of nitrogens with one attached hydrogen (secondary N) is 2. The maximum absolute atomic E-state index is 10.7. The number of thiophene rings is 1. The van der Waals surface area contributed by atoms with E-state index in [0.717, 1.165) is 71.0 Å². The number of ether oxygens (including phenoxy) is 1. The second-order valence-electron chi connectivity index (χ2n) is 7.54. The molecule has 0 aromatic carbocycles. The van der Waals surface area contributed by atoms with Crippen molar-refractivity contribution in [1.82, 2.24) is 15.5 Å². The molecule has 1 saturated carbocycles. The van der Waals surface area contributed by atoms with Crippen molar-refractivity contribution >= 4 is 17.3 Å². The fraction of sp³-hybridized carbons (Fsp3) is 0.750. The zero-order chi connectivity index (χ0) is 19.0. The lowest BCUT2D eigenvalue weighted by Gasteiger charge is -2.34. The highest BCUT2D eigenvalue weighted by molar-refractivity contribution is 7.10. The summed E-state index contributed by atoms with van der Waals surface area (Å²) in [5.74, 6) is 0.798. The van der Waals surface area contributed by atoms with Crippen molar-refractivity contribution < 1.29 is 9.84 Å². The van der Waals surface area contributed by atoms with Crippen molar-refractivity contribution in [2.75, 3.05) is 45.9 Å². The molecule has 0 spiro atoms. The minimum Gasteiger partial charge on any atom is -0.388 e. The number of nitrogens with zero attached hydrogens (tertiary/aromatic N) is 2. The predicted molar refractivity (Wildman–Crippen MR) is 111 cm³/mol. The zero-order valence-electron chi connectivity index (χ0n) is 16.5. The minimum atomic E-state index is -0.627. The van der Waals surface area contributed by atoms with Crippen LogP contribution in [0.5, 0.6) is 0 Å². The lowest BCUT2D eigenvalue weighted by Crippen LogP contribution is -2.46. The first-order chi connectivity index (χ1) is 13.2. The van der Waals surface area contributed by atoms with E-state index in [2.05, 4.69) is 40.0 Å². The highest BCUT2D eigenvalue weighted by Gasteiger charge is 2.29. The van der Waals surface area contributed by atoms with Crippen LogP contribution < -0.4 is 10.6 Å². The molecule has 1 atom stereocenters. The topological polar surface area (TPSA) is 69.1 Å². The Kier molecular flexibility index (Phi) is 7.93. The molecular formula is C20H34N4O2S. The smallest absolute Gasteiger partial charge is 0.191 e. The SMILES string of the molecule is CCNC(=NCC1(O)CCCCC1)NCC(c1cccs1)N1CCOCC1. The van der Waals surface area contributed by atoms with Crippen LogP contribution in [0, 0.1) is 0 Å². The number of guanidine groups is 1. The number of hydrogen-bond donors (Lipinski definition) is 3. The van der Waals surface area contributed by atoms with E-state index < -0.39 is 5.60 Å². The Labute approximate surface area is 167 Å². The van der Waals surface area contributed by atoms with Crippen LogP contribution in [0.15, 0.2) is 22.5 Å². The average Bonchev–Trinajstić information content (AvgIpc) is 3.22. The van der Waals surface area contributed by atoms with Gasteiger partial charge in [0.25, 0.3) is 0 Å². The van der Waals surface area contributed by atoms with Gasteiger partial charge in [0.05, 0.1) is 31.4 Å². The number of rotatable bonds is 7. The highest BCUT2D eigenvalue weighted by atomic mass is 32.1. The number of morpholine rings is 1. The van der Waals surface area contributed by atoms with Gasteiger partial charge in [-0.05, 0) is 31.2 Å². The van der Waals surface area contributed by atoms with Crippen LogP contribution in [0.1, 0.15) is 49.9 Å². The average molecular weight is 395 g/mol. The molecule has 2 aliphatic rings. The third-order valence-corrected chi connectivity index (χ3v) is 6.45. The molecule has 1 aliphatic heterocycles. The van der Waals surface area contributed by atoms with Crippen molar-refractivity contribution in [2.24, 2.45) is 4.99 Å². The molecule has 2 heterocycles. The summed E-state index contributed by atoms with van der Waals surface area (Å²) in [5.41, 5.74) is -0.627. The van der Waals surface area contributed by atoms with Crippen molar-refractivity contribution in [1.29, 1.82) is 0 Å². The first kappa shape index (κ1) is 20.6. The van der Waals surface area contributed by atoms with Crippen LogP contribution in [-0.2, 0) is 4.74 Å². The van der Waals surface area contributed by atoms with E-state index in [1.54, 1.807) is 11.3 Å². The van der Waals surface area contributed by atoms with Crippen LogP contribution in [-0.4, -0.2) is 67.5 Å². The van der Waals surface area contributed by atoms with Crippen LogP contribution >= 0.6 is 11.3 Å². The van der Waals surface area contributed by atoms with E-state index in [1.165, 1.54) is 11.3 Å². The summed E-state index contributed by atoms with van der Waals surface area (Å²) in [6.07, 6.45) is 5.16.